The summed E-state index contributed by atoms with van der Waals surface area (Å²) in [5.74, 6) is 0.137. The van der Waals surface area contributed by atoms with Crippen LogP contribution in [-0.2, 0) is 4.74 Å². The first-order chi connectivity index (χ1) is 14.5. The topological polar surface area (TPSA) is 59.0 Å². The molecule has 2 N–H and O–H groups in total. The highest BCUT2D eigenvalue weighted by Crippen LogP contribution is 2.48. The van der Waals surface area contributed by atoms with Gasteiger partial charge in [0.2, 0.25) is 5.88 Å². The number of nitriles is 1. The molecule has 1 aliphatic carbocycles. The van der Waals surface area contributed by atoms with Crippen molar-refractivity contribution in [2.24, 2.45) is 11.7 Å². The van der Waals surface area contributed by atoms with Gasteiger partial charge in [0.05, 0.1) is 0 Å². The molecular weight excluding hydrogens is 382 g/mol. The molecule has 0 fully saturated rings. The Morgan fingerprint density at radius 2 is 1.70 bits per heavy atom. The number of halogens is 2. The summed E-state index contributed by atoms with van der Waals surface area (Å²) < 4.78 is 32.8. The van der Waals surface area contributed by atoms with E-state index in [1.54, 1.807) is 24.3 Å². The average Bonchev–Trinajstić information content (AvgIpc) is 2.75. The summed E-state index contributed by atoms with van der Waals surface area (Å²) in [7, 11) is 0. The molecular formula is C25H22F2N2O. The Bertz CT molecular complexity index is 1090. The predicted molar refractivity (Wildman–Crippen MR) is 111 cm³/mol. The van der Waals surface area contributed by atoms with Crippen molar-refractivity contribution < 1.29 is 13.5 Å². The Hall–Kier alpha value is -3.39. The number of benzene rings is 2. The number of nitrogens with zero attached hydrogens (tertiary/aromatic N) is 1. The van der Waals surface area contributed by atoms with Crippen LogP contribution in [-0.4, -0.2) is 0 Å². The van der Waals surface area contributed by atoms with Crippen LogP contribution in [0.1, 0.15) is 43.2 Å². The van der Waals surface area contributed by atoms with Gasteiger partial charge in [-0.3, -0.25) is 0 Å². The molecule has 1 aliphatic heterocycles. The van der Waals surface area contributed by atoms with E-state index in [9.17, 15) is 14.0 Å². The number of hydrogen-bond donors (Lipinski definition) is 1. The van der Waals surface area contributed by atoms with Gasteiger partial charge < -0.3 is 10.5 Å². The van der Waals surface area contributed by atoms with Crippen molar-refractivity contribution in [2.45, 2.75) is 32.1 Å². The minimum atomic E-state index is -0.370. The Labute approximate surface area is 174 Å². The first kappa shape index (κ1) is 19.9. The zero-order chi connectivity index (χ0) is 21.3. The zero-order valence-corrected chi connectivity index (χ0v) is 16.7. The third kappa shape index (κ3) is 3.73. The largest absolute Gasteiger partial charge is 0.440 e. The Kier molecular flexibility index (Phi) is 5.41. The van der Waals surface area contributed by atoms with Crippen molar-refractivity contribution >= 4 is 6.08 Å². The van der Waals surface area contributed by atoms with E-state index in [0.717, 1.165) is 41.5 Å². The molecule has 0 amide bonds. The highest BCUT2D eigenvalue weighted by molar-refractivity contribution is 5.62. The van der Waals surface area contributed by atoms with Crippen molar-refractivity contribution in [3.8, 4) is 6.07 Å². The molecule has 0 radical (unpaired) electrons. The van der Waals surface area contributed by atoms with Crippen molar-refractivity contribution in [1.29, 1.82) is 5.26 Å². The third-order valence-corrected chi connectivity index (χ3v) is 5.83. The lowest BCUT2D eigenvalue weighted by Gasteiger charge is -2.36. The van der Waals surface area contributed by atoms with E-state index in [1.165, 1.54) is 24.3 Å². The predicted octanol–water partition coefficient (Wildman–Crippen LogP) is 5.93. The average molecular weight is 404 g/mol. The lowest BCUT2D eigenvalue weighted by atomic mass is 9.73. The zero-order valence-electron chi connectivity index (χ0n) is 16.7. The van der Waals surface area contributed by atoms with Crippen LogP contribution in [0.3, 0.4) is 0 Å². The van der Waals surface area contributed by atoms with Crippen molar-refractivity contribution in [3.63, 3.8) is 0 Å². The van der Waals surface area contributed by atoms with Crippen LogP contribution in [0, 0.1) is 28.9 Å². The monoisotopic (exact) mass is 404 g/mol. The Morgan fingerprint density at radius 1 is 1.07 bits per heavy atom. The van der Waals surface area contributed by atoms with Gasteiger partial charge in [0.15, 0.2) is 0 Å². The summed E-state index contributed by atoms with van der Waals surface area (Å²) in [6, 6.07) is 14.7. The van der Waals surface area contributed by atoms with E-state index in [-0.39, 0.29) is 23.4 Å². The molecule has 152 valence electrons. The van der Waals surface area contributed by atoms with E-state index in [1.807, 2.05) is 6.08 Å². The Balaban J connectivity index is 1.86. The van der Waals surface area contributed by atoms with Gasteiger partial charge in [-0.05, 0) is 71.4 Å². The molecule has 0 saturated carbocycles. The fraction of sp³-hybridized carbons (Fsp3) is 0.240. The van der Waals surface area contributed by atoms with E-state index in [2.05, 4.69) is 13.0 Å². The molecule has 2 aliphatic rings. The maximum atomic E-state index is 13.5. The molecule has 1 heterocycles. The first-order valence-corrected chi connectivity index (χ1v) is 10.0. The van der Waals surface area contributed by atoms with E-state index in [4.69, 9.17) is 10.5 Å². The Morgan fingerprint density at radius 3 is 2.30 bits per heavy atom. The minimum Gasteiger partial charge on any atom is -0.440 e. The molecule has 3 nitrogen and oxygen atoms in total. The molecule has 30 heavy (non-hydrogen) atoms. The first-order valence-electron chi connectivity index (χ1n) is 10.0. The summed E-state index contributed by atoms with van der Waals surface area (Å²) >= 11 is 0. The summed E-state index contributed by atoms with van der Waals surface area (Å²) in [5.41, 5.74) is 10.1. The van der Waals surface area contributed by atoms with E-state index in [0.29, 0.717) is 17.3 Å². The van der Waals surface area contributed by atoms with Crippen LogP contribution >= 0.6 is 0 Å². The molecule has 0 spiro atoms. The molecule has 4 rings (SSSR count). The van der Waals surface area contributed by atoms with Crippen molar-refractivity contribution in [2.75, 3.05) is 0 Å². The van der Waals surface area contributed by atoms with Crippen molar-refractivity contribution in [1.82, 2.24) is 0 Å². The molecule has 2 unspecified atom stereocenters. The smallest absolute Gasteiger partial charge is 0.205 e. The summed E-state index contributed by atoms with van der Waals surface area (Å²) in [6.45, 7) is 2.14. The summed E-state index contributed by atoms with van der Waals surface area (Å²) in [5, 5.41) is 9.77. The van der Waals surface area contributed by atoms with E-state index < -0.39 is 0 Å². The molecule has 2 aromatic carbocycles. The second-order valence-electron chi connectivity index (χ2n) is 7.73. The van der Waals surface area contributed by atoms with Gasteiger partial charge >= 0.3 is 0 Å². The van der Waals surface area contributed by atoms with Crippen molar-refractivity contribution in [3.05, 3.63) is 99.7 Å². The molecule has 2 aromatic rings. The number of allylic oxidation sites excluding steroid dienone is 3. The van der Waals surface area contributed by atoms with Crippen LogP contribution in [0.4, 0.5) is 8.78 Å². The molecule has 5 heteroatoms. The lowest BCUT2D eigenvalue weighted by molar-refractivity contribution is 0.265. The maximum absolute atomic E-state index is 13.5. The van der Waals surface area contributed by atoms with Crippen LogP contribution in [0.25, 0.3) is 6.08 Å². The van der Waals surface area contributed by atoms with Crippen LogP contribution in [0.2, 0.25) is 0 Å². The molecule has 0 aromatic heterocycles. The highest BCUT2D eigenvalue weighted by atomic mass is 19.1. The van der Waals surface area contributed by atoms with Gasteiger partial charge in [-0.15, -0.1) is 0 Å². The van der Waals surface area contributed by atoms with E-state index >= 15 is 0 Å². The molecule has 0 bridgehead atoms. The number of hydrogen-bond acceptors (Lipinski definition) is 3. The fourth-order valence-corrected chi connectivity index (χ4v) is 4.26. The second kappa shape index (κ2) is 8.16. The summed E-state index contributed by atoms with van der Waals surface area (Å²) in [6.07, 6.45) is 4.53. The standard InChI is InChI=1S/C25H22F2N2O/c1-2-15-11-18(12-16-3-7-19(26)8-4-16)24-21(13-15)23(22(14-28)25(29)30-24)17-5-9-20(27)10-6-17/h3-10,12,15,23H,2,11,13,29H2,1H3/b18-12+. The lowest BCUT2D eigenvalue weighted by Crippen LogP contribution is -2.26. The van der Waals surface area contributed by atoms with Gasteiger partial charge in [-0.2, -0.15) is 5.26 Å². The van der Waals surface area contributed by atoms with Crippen LogP contribution < -0.4 is 5.73 Å². The number of ether oxygens (including phenoxy) is 1. The molecule has 0 saturated heterocycles. The maximum Gasteiger partial charge on any atom is 0.205 e. The highest BCUT2D eigenvalue weighted by Gasteiger charge is 2.37. The quantitative estimate of drug-likeness (QED) is 0.690. The normalized spacial score (nSPS) is 22.5. The minimum absolute atomic E-state index is 0.0746. The number of rotatable bonds is 3. The summed E-state index contributed by atoms with van der Waals surface area (Å²) in [4.78, 5) is 0. The number of nitrogens with two attached hydrogens (primary N) is 1. The molecule has 2 atom stereocenters. The van der Waals surface area contributed by atoms with Gasteiger partial charge in [-0.1, -0.05) is 37.6 Å². The fourth-order valence-electron chi connectivity index (χ4n) is 4.26. The van der Waals surface area contributed by atoms with Gasteiger partial charge in [0, 0.05) is 5.92 Å². The van der Waals surface area contributed by atoms with Crippen LogP contribution in [0.5, 0.6) is 0 Å². The van der Waals surface area contributed by atoms with Gasteiger partial charge in [0.1, 0.15) is 29.0 Å². The van der Waals surface area contributed by atoms with Gasteiger partial charge in [-0.25, -0.2) is 8.78 Å². The van der Waals surface area contributed by atoms with Gasteiger partial charge in [0.25, 0.3) is 0 Å². The SMILES string of the molecule is CCC1CC2=C(OC(N)=C(C#N)C2c2ccc(F)cc2)/C(=C/c2ccc(F)cc2)C1. The second-order valence-corrected chi connectivity index (χ2v) is 7.73. The third-order valence-electron chi connectivity index (χ3n) is 5.83. The van der Waals surface area contributed by atoms with Crippen LogP contribution in [0.15, 0.2) is 76.9 Å².